The minimum absolute atomic E-state index is 0.0726. The Labute approximate surface area is 118 Å². The number of nitrogens with two attached hydrogens (primary N) is 1. The molecule has 0 fully saturated rings. The monoisotopic (exact) mass is 276 g/mol. The Kier molecular flexibility index (Phi) is 5.26. The minimum atomic E-state index is -0.218. The van der Waals surface area contributed by atoms with Gasteiger partial charge in [0.2, 0.25) is 11.9 Å². The third-order valence-corrected chi connectivity index (χ3v) is 2.85. The fraction of sp³-hybridized carbons (Fsp3) is 0.538. The molecule has 1 amide bonds. The first kappa shape index (κ1) is 15.7. The Morgan fingerprint density at radius 1 is 1.40 bits per heavy atom. The van der Waals surface area contributed by atoms with E-state index < -0.39 is 0 Å². The van der Waals surface area contributed by atoms with E-state index in [-0.39, 0.29) is 29.0 Å². The maximum Gasteiger partial charge on any atom is 0.229 e. The van der Waals surface area contributed by atoms with E-state index in [2.05, 4.69) is 15.3 Å². The molecule has 0 spiro atoms. The summed E-state index contributed by atoms with van der Waals surface area (Å²) in [5.41, 5.74) is 5.87. The molecule has 0 aromatic carbocycles. The maximum absolute atomic E-state index is 11.8. The molecular formula is C13H20N6O. The fourth-order valence-electron chi connectivity index (χ4n) is 1.58. The van der Waals surface area contributed by atoms with Crippen LogP contribution < -0.4 is 16.0 Å². The molecule has 108 valence electrons. The van der Waals surface area contributed by atoms with Crippen LogP contribution in [0.3, 0.4) is 0 Å². The van der Waals surface area contributed by atoms with Crippen LogP contribution in [0.4, 0.5) is 17.6 Å². The SMILES string of the molecule is CCN(CC)c1nc(N)c(C#N)c(NC(=O)C(C)C)n1. The van der Waals surface area contributed by atoms with Crippen LogP contribution >= 0.6 is 0 Å². The summed E-state index contributed by atoms with van der Waals surface area (Å²) in [5, 5.41) is 11.7. The standard InChI is InChI=1S/C13H20N6O/c1-5-19(6-2)13-16-10(15)9(7-14)11(18-13)17-12(20)8(3)4/h8H,5-6H2,1-4H3,(H3,15,16,17,18,20). The van der Waals surface area contributed by atoms with Crippen molar-refractivity contribution in [1.82, 2.24) is 9.97 Å². The van der Waals surface area contributed by atoms with Gasteiger partial charge in [-0.1, -0.05) is 13.8 Å². The summed E-state index contributed by atoms with van der Waals surface area (Å²) in [5.74, 6) is 0.217. The van der Waals surface area contributed by atoms with Gasteiger partial charge in [0.1, 0.15) is 17.5 Å². The number of nitriles is 1. The number of hydrogen-bond acceptors (Lipinski definition) is 6. The Bertz CT molecular complexity index is 530. The first-order chi connectivity index (χ1) is 9.44. The molecule has 1 heterocycles. The first-order valence-corrected chi connectivity index (χ1v) is 6.57. The summed E-state index contributed by atoms with van der Waals surface area (Å²) in [4.78, 5) is 22.0. The average Bonchev–Trinajstić information content (AvgIpc) is 2.39. The highest BCUT2D eigenvalue weighted by Crippen LogP contribution is 2.22. The van der Waals surface area contributed by atoms with E-state index in [9.17, 15) is 4.79 Å². The largest absolute Gasteiger partial charge is 0.382 e. The van der Waals surface area contributed by atoms with E-state index in [1.807, 2.05) is 24.8 Å². The zero-order chi connectivity index (χ0) is 15.3. The van der Waals surface area contributed by atoms with Crippen LogP contribution in [0.2, 0.25) is 0 Å². The number of hydrogen-bond donors (Lipinski definition) is 2. The highest BCUT2D eigenvalue weighted by Gasteiger charge is 2.18. The Morgan fingerprint density at radius 3 is 2.45 bits per heavy atom. The molecule has 1 aromatic heterocycles. The lowest BCUT2D eigenvalue weighted by atomic mass is 10.2. The number of nitrogens with one attached hydrogen (secondary N) is 1. The molecule has 1 rings (SSSR count). The third kappa shape index (κ3) is 3.35. The van der Waals surface area contributed by atoms with Gasteiger partial charge in [-0.2, -0.15) is 15.2 Å². The molecule has 0 aliphatic carbocycles. The molecule has 3 N–H and O–H groups in total. The zero-order valence-corrected chi connectivity index (χ0v) is 12.3. The number of aromatic nitrogens is 2. The van der Waals surface area contributed by atoms with E-state index in [1.165, 1.54) is 0 Å². The van der Waals surface area contributed by atoms with Crippen LogP contribution in [0.15, 0.2) is 0 Å². The summed E-state index contributed by atoms with van der Waals surface area (Å²) >= 11 is 0. The van der Waals surface area contributed by atoms with Gasteiger partial charge in [-0.15, -0.1) is 0 Å². The van der Waals surface area contributed by atoms with Crippen molar-refractivity contribution in [3.63, 3.8) is 0 Å². The van der Waals surface area contributed by atoms with Gasteiger partial charge >= 0.3 is 0 Å². The Morgan fingerprint density at radius 2 is 2.00 bits per heavy atom. The molecule has 0 saturated heterocycles. The number of carbonyl (C=O) groups excluding carboxylic acids is 1. The Balaban J connectivity index is 3.26. The van der Waals surface area contributed by atoms with Gasteiger partial charge in [0, 0.05) is 19.0 Å². The van der Waals surface area contributed by atoms with Crippen LogP contribution in [0.25, 0.3) is 0 Å². The fourth-order valence-corrected chi connectivity index (χ4v) is 1.58. The molecular weight excluding hydrogens is 256 g/mol. The van der Waals surface area contributed by atoms with E-state index in [0.717, 1.165) is 0 Å². The van der Waals surface area contributed by atoms with Gasteiger partial charge in [-0.25, -0.2) is 0 Å². The van der Waals surface area contributed by atoms with Gasteiger partial charge in [-0.05, 0) is 13.8 Å². The average molecular weight is 276 g/mol. The molecule has 0 atom stereocenters. The third-order valence-electron chi connectivity index (χ3n) is 2.85. The number of nitrogens with zero attached hydrogens (tertiary/aromatic N) is 4. The topological polar surface area (TPSA) is 108 Å². The lowest BCUT2D eigenvalue weighted by Gasteiger charge is -2.20. The van der Waals surface area contributed by atoms with Gasteiger partial charge in [0.05, 0.1) is 0 Å². The van der Waals surface area contributed by atoms with Crippen molar-refractivity contribution in [3.05, 3.63) is 5.56 Å². The molecule has 1 aromatic rings. The number of rotatable bonds is 5. The van der Waals surface area contributed by atoms with Crippen molar-refractivity contribution in [2.45, 2.75) is 27.7 Å². The van der Waals surface area contributed by atoms with Crippen LogP contribution in [0, 0.1) is 17.2 Å². The van der Waals surface area contributed by atoms with Crippen LogP contribution in [0.5, 0.6) is 0 Å². The molecule has 0 saturated carbocycles. The van der Waals surface area contributed by atoms with Crippen LogP contribution in [-0.2, 0) is 4.79 Å². The zero-order valence-electron chi connectivity index (χ0n) is 12.3. The number of nitrogen functional groups attached to an aromatic ring is 1. The summed E-state index contributed by atoms with van der Waals surface area (Å²) in [6, 6.07) is 1.93. The van der Waals surface area contributed by atoms with Gasteiger partial charge in [0.15, 0.2) is 5.82 Å². The summed E-state index contributed by atoms with van der Waals surface area (Å²) in [6.45, 7) is 8.87. The van der Waals surface area contributed by atoms with E-state index >= 15 is 0 Å². The second kappa shape index (κ2) is 6.70. The molecule has 7 nitrogen and oxygen atoms in total. The first-order valence-electron chi connectivity index (χ1n) is 6.57. The number of amides is 1. The Hall–Kier alpha value is -2.36. The molecule has 0 unspecified atom stereocenters. The van der Waals surface area contributed by atoms with Crippen molar-refractivity contribution in [2.75, 3.05) is 29.0 Å². The van der Waals surface area contributed by atoms with Crippen molar-refractivity contribution in [2.24, 2.45) is 5.92 Å². The molecule has 20 heavy (non-hydrogen) atoms. The van der Waals surface area contributed by atoms with Crippen LogP contribution in [0.1, 0.15) is 33.3 Å². The van der Waals surface area contributed by atoms with Gasteiger partial charge < -0.3 is 16.0 Å². The molecule has 7 heteroatoms. The molecule has 0 aliphatic rings. The lowest BCUT2D eigenvalue weighted by molar-refractivity contribution is -0.118. The predicted octanol–water partition coefficient (Wildman–Crippen LogP) is 1.37. The van der Waals surface area contributed by atoms with Crippen molar-refractivity contribution in [3.8, 4) is 6.07 Å². The van der Waals surface area contributed by atoms with Crippen molar-refractivity contribution >= 4 is 23.5 Å². The van der Waals surface area contributed by atoms with Gasteiger partial charge in [0.25, 0.3) is 0 Å². The second-order valence-corrected chi connectivity index (χ2v) is 4.56. The van der Waals surface area contributed by atoms with Crippen molar-refractivity contribution < 1.29 is 4.79 Å². The summed E-state index contributed by atoms with van der Waals surface area (Å²) in [7, 11) is 0. The van der Waals surface area contributed by atoms with E-state index in [4.69, 9.17) is 11.0 Å². The highest BCUT2D eigenvalue weighted by molar-refractivity contribution is 5.93. The van der Waals surface area contributed by atoms with E-state index in [1.54, 1.807) is 13.8 Å². The smallest absolute Gasteiger partial charge is 0.229 e. The number of carbonyl (C=O) groups is 1. The van der Waals surface area contributed by atoms with Crippen LogP contribution in [-0.4, -0.2) is 29.0 Å². The quantitative estimate of drug-likeness (QED) is 0.841. The normalized spacial score (nSPS) is 10.2. The summed E-state index contributed by atoms with van der Waals surface area (Å²) < 4.78 is 0. The maximum atomic E-state index is 11.8. The summed E-state index contributed by atoms with van der Waals surface area (Å²) in [6.07, 6.45) is 0. The molecule has 0 aliphatic heterocycles. The molecule has 0 bridgehead atoms. The van der Waals surface area contributed by atoms with E-state index in [0.29, 0.717) is 19.0 Å². The predicted molar refractivity (Wildman–Crippen MR) is 78.2 cm³/mol. The second-order valence-electron chi connectivity index (χ2n) is 4.56. The molecule has 0 radical (unpaired) electrons. The van der Waals surface area contributed by atoms with Gasteiger partial charge in [-0.3, -0.25) is 4.79 Å². The van der Waals surface area contributed by atoms with Crippen molar-refractivity contribution in [1.29, 1.82) is 5.26 Å². The minimum Gasteiger partial charge on any atom is -0.382 e. The highest BCUT2D eigenvalue weighted by atomic mass is 16.1. The lowest BCUT2D eigenvalue weighted by Crippen LogP contribution is -2.26. The number of anilines is 3.